The van der Waals surface area contributed by atoms with Crippen molar-refractivity contribution in [2.75, 3.05) is 19.3 Å². The number of carbonyl (C=O) groups is 1. The van der Waals surface area contributed by atoms with E-state index in [9.17, 15) is 18.0 Å². The molecular weight excluding hydrogens is 291 g/mol. The summed E-state index contributed by atoms with van der Waals surface area (Å²) in [7, 11) is 1.60. The number of halogens is 3. The zero-order chi connectivity index (χ0) is 15.1. The summed E-state index contributed by atoms with van der Waals surface area (Å²) < 4.78 is 37.8. The van der Waals surface area contributed by atoms with Crippen LogP contribution in [0.5, 0.6) is 0 Å². The molecule has 2 aromatic heterocycles. The minimum Gasteiger partial charge on any atom is -0.397 e. The van der Waals surface area contributed by atoms with Crippen LogP contribution in [-0.2, 0) is 6.18 Å². The maximum Gasteiger partial charge on any atom is 0.433 e. The van der Waals surface area contributed by atoms with E-state index in [0.29, 0.717) is 11.9 Å². The van der Waals surface area contributed by atoms with Crippen LogP contribution in [0.25, 0.3) is 10.2 Å². The maximum absolute atomic E-state index is 12.6. The van der Waals surface area contributed by atoms with Crippen molar-refractivity contribution >= 4 is 33.1 Å². The highest BCUT2D eigenvalue weighted by molar-refractivity contribution is 7.21. The SMILES string of the molecule is CCN(C)C(=O)c1sc2nc(C(F)(F)F)ccc2c1N. The lowest BCUT2D eigenvalue weighted by molar-refractivity contribution is -0.140. The molecule has 2 rings (SSSR count). The van der Waals surface area contributed by atoms with E-state index in [0.717, 1.165) is 17.4 Å². The Balaban J connectivity index is 2.55. The van der Waals surface area contributed by atoms with Crippen molar-refractivity contribution in [3.8, 4) is 0 Å². The summed E-state index contributed by atoms with van der Waals surface area (Å²) in [6, 6.07) is 2.11. The molecular formula is C12H12F3N3OS. The van der Waals surface area contributed by atoms with E-state index in [4.69, 9.17) is 5.73 Å². The number of anilines is 1. The molecule has 0 radical (unpaired) electrons. The van der Waals surface area contributed by atoms with Crippen molar-refractivity contribution in [3.05, 3.63) is 22.7 Å². The van der Waals surface area contributed by atoms with Gasteiger partial charge in [-0.3, -0.25) is 4.79 Å². The molecule has 0 bridgehead atoms. The summed E-state index contributed by atoms with van der Waals surface area (Å²) in [5, 5.41) is 0.371. The van der Waals surface area contributed by atoms with Crippen LogP contribution < -0.4 is 5.73 Å². The molecule has 2 N–H and O–H groups in total. The van der Waals surface area contributed by atoms with Gasteiger partial charge in [-0.15, -0.1) is 11.3 Å². The summed E-state index contributed by atoms with van der Waals surface area (Å²) in [6.07, 6.45) is -4.52. The Morgan fingerprint density at radius 2 is 2.10 bits per heavy atom. The van der Waals surface area contributed by atoms with Gasteiger partial charge in [-0.25, -0.2) is 4.98 Å². The normalized spacial score (nSPS) is 11.8. The number of nitrogen functional groups attached to an aromatic ring is 1. The molecule has 0 unspecified atom stereocenters. The number of fused-ring (bicyclic) bond motifs is 1. The van der Waals surface area contributed by atoms with Gasteiger partial charge in [-0.1, -0.05) is 0 Å². The molecule has 0 saturated heterocycles. The van der Waals surface area contributed by atoms with E-state index in [1.807, 2.05) is 0 Å². The Labute approximate surface area is 117 Å². The molecule has 0 saturated carbocycles. The van der Waals surface area contributed by atoms with Gasteiger partial charge in [0.1, 0.15) is 15.4 Å². The van der Waals surface area contributed by atoms with Gasteiger partial charge in [-0.2, -0.15) is 13.2 Å². The third kappa shape index (κ3) is 2.43. The van der Waals surface area contributed by atoms with Crippen molar-refractivity contribution < 1.29 is 18.0 Å². The second kappa shape index (κ2) is 4.93. The van der Waals surface area contributed by atoms with Crippen molar-refractivity contribution in [1.82, 2.24) is 9.88 Å². The molecule has 2 heterocycles. The van der Waals surface area contributed by atoms with Crippen molar-refractivity contribution in [2.24, 2.45) is 0 Å². The number of aromatic nitrogens is 1. The zero-order valence-corrected chi connectivity index (χ0v) is 11.6. The highest BCUT2D eigenvalue weighted by atomic mass is 32.1. The zero-order valence-electron chi connectivity index (χ0n) is 10.8. The number of nitrogens with two attached hydrogens (primary N) is 1. The van der Waals surface area contributed by atoms with Crippen LogP contribution in [0.2, 0.25) is 0 Å². The number of hydrogen-bond acceptors (Lipinski definition) is 4. The predicted molar refractivity (Wildman–Crippen MR) is 71.7 cm³/mol. The molecule has 0 atom stereocenters. The Kier molecular flexibility index (Phi) is 3.59. The minimum absolute atomic E-state index is 0.116. The lowest BCUT2D eigenvalue weighted by atomic mass is 10.2. The molecule has 0 aromatic carbocycles. The number of thiophene rings is 1. The molecule has 108 valence electrons. The first-order valence-corrected chi connectivity index (χ1v) is 6.59. The molecule has 0 spiro atoms. The monoisotopic (exact) mass is 303 g/mol. The van der Waals surface area contributed by atoms with Gasteiger partial charge in [0.2, 0.25) is 0 Å². The third-order valence-corrected chi connectivity index (χ3v) is 4.00. The first-order valence-electron chi connectivity index (χ1n) is 5.77. The van der Waals surface area contributed by atoms with Gasteiger partial charge in [0.25, 0.3) is 5.91 Å². The van der Waals surface area contributed by atoms with Gasteiger partial charge >= 0.3 is 6.18 Å². The number of carbonyl (C=O) groups excluding carboxylic acids is 1. The Bertz CT molecular complexity index is 666. The van der Waals surface area contributed by atoms with Crippen LogP contribution in [0.4, 0.5) is 18.9 Å². The average molecular weight is 303 g/mol. The summed E-state index contributed by atoms with van der Waals surface area (Å²) in [6.45, 7) is 2.27. The molecule has 0 aliphatic carbocycles. The minimum atomic E-state index is -4.52. The fraction of sp³-hybridized carbons (Fsp3) is 0.333. The maximum atomic E-state index is 12.6. The van der Waals surface area contributed by atoms with Crippen LogP contribution in [0.15, 0.2) is 12.1 Å². The van der Waals surface area contributed by atoms with E-state index in [1.54, 1.807) is 14.0 Å². The van der Waals surface area contributed by atoms with Gasteiger partial charge in [0.05, 0.1) is 5.69 Å². The summed E-state index contributed by atoms with van der Waals surface area (Å²) in [5.41, 5.74) is 5.02. The van der Waals surface area contributed by atoms with Crippen LogP contribution in [0, 0.1) is 0 Å². The number of nitrogens with zero attached hydrogens (tertiary/aromatic N) is 2. The lowest BCUT2D eigenvalue weighted by Crippen LogP contribution is -2.25. The van der Waals surface area contributed by atoms with Crippen LogP contribution in [0.1, 0.15) is 22.3 Å². The van der Waals surface area contributed by atoms with Crippen LogP contribution >= 0.6 is 11.3 Å². The Hall–Kier alpha value is -1.83. The second-order valence-electron chi connectivity index (χ2n) is 4.21. The summed E-state index contributed by atoms with van der Waals surface area (Å²) in [4.78, 5) is 17.4. The smallest absolute Gasteiger partial charge is 0.397 e. The fourth-order valence-electron chi connectivity index (χ4n) is 1.63. The number of rotatable bonds is 2. The van der Waals surface area contributed by atoms with E-state index in [-0.39, 0.29) is 21.3 Å². The second-order valence-corrected chi connectivity index (χ2v) is 5.21. The standard InChI is InChI=1S/C12H12F3N3OS/c1-3-18(2)11(19)9-8(16)6-4-5-7(12(13,14)15)17-10(6)20-9/h4-5H,3,16H2,1-2H3. The molecule has 1 amide bonds. The Morgan fingerprint density at radius 1 is 1.45 bits per heavy atom. The van der Waals surface area contributed by atoms with Gasteiger partial charge in [0.15, 0.2) is 0 Å². The van der Waals surface area contributed by atoms with E-state index in [1.165, 1.54) is 11.0 Å². The molecule has 4 nitrogen and oxygen atoms in total. The quantitative estimate of drug-likeness (QED) is 0.928. The molecule has 2 aromatic rings. The molecule has 8 heteroatoms. The number of alkyl halides is 3. The molecule has 0 fully saturated rings. The summed E-state index contributed by atoms with van der Waals surface area (Å²) >= 11 is 0.879. The first-order chi connectivity index (χ1) is 9.25. The van der Waals surface area contributed by atoms with E-state index in [2.05, 4.69) is 4.98 Å². The molecule has 0 aliphatic rings. The van der Waals surface area contributed by atoms with Crippen LogP contribution in [0.3, 0.4) is 0 Å². The topological polar surface area (TPSA) is 59.2 Å². The number of pyridine rings is 1. The summed E-state index contributed by atoms with van der Waals surface area (Å²) in [5.74, 6) is -0.318. The molecule has 20 heavy (non-hydrogen) atoms. The molecule has 0 aliphatic heterocycles. The van der Waals surface area contributed by atoms with Crippen molar-refractivity contribution in [1.29, 1.82) is 0 Å². The Morgan fingerprint density at radius 3 is 2.65 bits per heavy atom. The van der Waals surface area contributed by atoms with Gasteiger partial charge in [0, 0.05) is 19.0 Å². The highest BCUT2D eigenvalue weighted by Crippen LogP contribution is 2.36. The van der Waals surface area contributed by atoms with E-state index < -0.39 is 11.9 Å². The average Bonchev–Trinajstić information content (AvgIpc) is 2.73. The van der Waals surface area contributed by atoms with Gasteiger partial charge in [-0.05, 0) is 19.1 Å². The van der Waals surface area contributed by atoms with Crippen molar-refractivity contribution in [2.45, 2.75) is 13.1 Å². The third-order valence-electron chi connectivity index (χ3n) is 2.90. The predicted octanol–water partition coefficient (Wildman–Crippen LogP) is 2.99. The first kappa shape index (κ1) is 14.6. The van der Waals surface area contributed by atoms with Gasteiger partial charge < -0.3 is 10.6 Å². The largest absolute Gasteiger partial charge is 0.433 e. The van der Waals surface area contributed by atoms with Crippen molar-refractivity contribution in [3.63, 3.8) is 0 Å². The lowest BCUT2D eigenvalue weighted by Gasteiger charge is -2.13. The highest BCUT2D eigenvalue weighted by Gasteiger charge is 2.33. The fourth-order valence-corrected chi connectivity index (χ4v) is 2.72. The number of amides is 1. The van der Waals surface area contributed by atoms with Crippen LogP contribution in [-0.4, -0.2) is 29.4 Å². The van der Waals surface area contributed by atoms with E-state index >= 15 is 0 Å². The number of hydrogen-bond donors (Lipinski definition) is 1.